The second-order valence-electron chi connectivity index (χ2n) is 8.38. The second-order valence-corrected chi connectivity index (χ2v) is 9.41. The van der Waals surface area contributed by atoms with Crippen LogP contribution in [-0.2, 0) is 0 Å². The fraction of sp³-hybridized carbons (Fsp3) is 0. The summed E-state index contributed by atoms with van der Waals surface area (Å²) < 4.78 is 7.11. The molecular formula is C30H19N3OS. The molecule has 0 unspecified atom stereocenters. The van der Waals surface area contributed by atoms with Gasteiger partial charge in [-0.2, -0.15) is 0 Å². The van der Waals surface area contributed by atoms with Gasteiger partial charge in [0.2, 0.25) is 5.89 Å². The molecule has 0 aliphatic heterocycles. The second kappa shape index (κ2) is 8.08. The van der Waals surface area contributed by atoms with E-state index in [-0.39, 0.29) is 0 Å². The molecule has 1 N–H and O–H groups in total. The molecule has 2 heterocycles. The van der Waals surface area contributed by atoms with Crippen LogP contribution in [-0.4, -0.2) is 9.97 Å². The highest BCUT2D eigenvalue weighted by molar-refractivity contribution is 7.21. The van der Waals surface area contributed by atoms with E-state index in [0.717, 1.165) is 49.5 Å². The van der Waals surface area contributed by atoms with Gasteiger partial charge in [-0.3, -0.25) is 0 Å². The highest BCUT2D eigenvalue weighted by Gasteiger charge is 2.13. The molecule has 0 atom stereocenters. The number of aromatic nitrogens is 2. The maximum atomic E-state index is 5.91. The lowest BCUT2D eigenvalue weighted by Gasteiger charge is -2.12. The van der Waals surface area contributed by atoms with Crippen LogP contribution in [0.15, 0.2) is 114 Å². The van der Waals surface area contributed by atoms with E-state index < -0.39 is 0 Å². The minimum Gasteiger partial charge on any atom is -0.436 e. The van der Waals surface area contributed by atoms with Crippen molar-refractivity contribution in [2.75, 3.05) is 5.32 Å². The standard InChI is InChI=1S/C30H19N3OS/c1-2-8-22-21(7-1)23(30-33-26-10-4-6-12-28(26)35-30)17-18-24(22)31-20-15-13-19(14-16-20)29-32-25-9-3-5-11-27(25)34-29/h1-18,31H. The van der Waals surface area contributed by atoms with Crippen molar-refractivity contribution in [2.45, 2.75) is 0 Å². The number of nitrogens with one attached hydrogen (secondary N) is 1. The van der Waals surface area contributed by atoms with Gasteiger partial charge in [-0.1, -0.05) is 48.5 Å². The molecule has 2 aromatic heterocycles. The summed E-state index contributed by atoms with van der Waals surface area (Å²) in [5, 5.41) is 6.97. The number of thiazole rings is 1. The molecule has 0 radical (unpaired) electrons. The first kappa shape index (κ1) is 19.9. The maximum absolute atomic E-state index is 5.91. The van der Waals surface area contributed by atoms with Crippen molar-refractivity contribution in [2.24, 2.45) is 0 Å². The third-order valence-electron chi connectivity index (χ3n) is 6.15. The first-order valence-electron chi connectivity index (χ1n) is 11.4. The number of hydrogen-bond donors (Lipinski definition) is 1. The average molecular weight is 470 g/mol. The summed E-state index contributed by atoms with van der Waals surface area (Å²) in [6.45, 7) is 0. The number of hydrogen-bond acceptors (Lipinski definition) is 5. The van der Waals surface area contributed by atoms with E-state index in [2.05, 4.69) is 77.0 Å². The van der Waals surface area contributed by atoms with Gasteiger partial charge in [-0.25, -0.2) is 9.97 Å². The zero-order valence-electron chi connectivity index (χ0n) is 18.6. The average Bonchev–Trinajstić information content (AvgIpc) is 3.54. The van der Waals surface area contributed by atoms with Gasteiger partial charge >= 0.3 is 0 Å². The maximum Gasteiger partial charge on any atom is 0.227 e. The summed E-state index contributed by atoms with van der Waals surface area (Å²) in [5.74, 6) is 0.628. The Morgan fingerprint density at radius 1 is 0.629 bits per heavy atom. The fourth-order valence-corrected chi connectivity index (χ4v) is 5.43. The Morgan fingerprint density at radius 3 is 2.20 bits per heavy atom. The van der Waals surface area contributed by atoms with Crippen LogP contribution in [0.4, 0.5) is 11.4 Å². The van der Waals surface area contributed by atoms with Crippen LogP contribution in [0.3, 0.4) is 0 Å². The Hall–Kier alpha value is -4.48. The van der Waals surface area contributed by atoms with Crippen molar-refractivity contribution < 1.29 is 4.42 Å². The predicted molar refractivity (Wildman–Crippen MR) is 145 cm³/mol. The van der Waals surface area contributed by atoms with Crippen LogP contribution < -0.4 is 5.32 Å². The van der Waals surface area contributed by atoms with Gasteiger partial charge in [0.25, 0.3) is 0 Å². The lowest BCUT2D eigenvalue weighted by Crippen LogP contribution is -1.93. The van der Waals surface area contributed by atoms with Crippen molar-refractivity contribution in [1.29, 1.82) is 0 Å². The van der Waals surface area contributed by atoms with Crippen molar-refractivity contribution in [3.63, 3.8) is 0 Å². The normalized spacial score (nSPS) is 11.4. The molecular weight excluding hydrogens is 450 g/mol. The van der Waals surface area contributed by atoms with E-state index in [1.165, 1.54) is 10.1 Å². The smallest absolute Gasteiger partial charge is 0.227 e. The van der Waals surface area contributed by atoms with Crippen LogP contribution in [0.25, 0.3) is 54.1 Å². The van der Waals surface area contributed by atoms with E-state index >= 15 is 0 Å². The largest absolute Gasteiger partial charge is 0.436 e. The summed E-state index contributed by atoms with van der Waals surface area (Å²) in [6, 6.07) is 37.1. The highest BCUT2D eigenvalue weighted by atomic mass is 32.1. The number of rotatable bonds is 4. The summed E-state index contributed by atoms with van der Waals surface area (Å²) in [5.41, 5.74) is 6.86. The van der Waals surface area contributed by atoms with E-state index in [9.17, 15) is 0 Å². The molecule has 35 heavy (non-hydrogen) atoms. The van der Waals surface area contributed by atoms with Gasteiger partial charge in [0.1, 0.15) is 10.5 Å². The van der Waals surface area contributed by atoms with E-state index in [4.69, 9.17) is 9.40 Å². The Bertz CT molecular complexity index is 1770. The third-order valence-corrected chi connectivity index (χ3v) is 7.22. The number of anilines is 2. The SMILES string of the molecule is c1ccc2oc(-c3ccc(Nc4ccc(-c5nc6ccccc6s5)c5ccccc45)cc3)nc2c1. The molecule has 0 aliphatic rings. The Balaban J connectivity index is 1.23. The molecule has 0 spiro atoms. The van der Waals surface area contributed by atoms with Gasteiger partial charge in [-0.15, -0.1) is 11.3 Å². The third kappa shape index (κ3) is 3.54. The molecule has 4 nitrogen and oxygen atoms in total. The summed E-state index contributed by atoms with van der Waals surface area (Å²) >= 11 is 1.73. The van der Waals surface area contributed by atoms with E-state index in [1.54, 1.807) is 11.3 Å². The molecule has 0 fully saturated rings. The molecule has 0 bridgehead atoms. The molecule has 7 rings (SSSR count). The number of benzene rings is 5. The fourth-order valence-electron chi connectivity index (χ4n) is 4.43. The lowest BCUT2D eigenvalue weighted by molar-refractivity contribution is 0.620. The Kier molecular flexibility index (Phi) is 4.60. The van der Waals surface area contributed by atoms with Gasteiger partial charge in [0, 0.05) is 27.9 Å². The van der Waals surface area contributed by atoms with Crippen LogP contribution in [0.5, 0.6) is 0 Å². The van der Waals surface area contributed by atoms with E-state index in [1.807, 2.05) is 42.5 Å². The highest BCUT2D eigenvalue weighted by Crippen LogP contribution is 2.38. The molecule has 0 amide bonds. The summed E-state index contributed by atoms with van der Waals surface area (Å²) in [4.78, 5) is 9.48. The number of fused-ring (bicyclic) bond motifs is 3. The first-order valence-corrected chi connectivity index (χ1v) is 12.2. The minimum atomic E-state index is 0.628. The van der Waals surface area contributed by atoms with Gasteiger partial charge in [0.15, 0.2) is 5.58 Å². The van der Waals surface area contributed by atoms with Gasteiger partial charge in [0.05, 0.1) is 10.2 Å². The Labute approximate surface area is 205 Å². The summed E-state index contributed by atoms with van der Waals surface area (Å²) in [7, 11) is 0. The van der Waals surface area contributed by atoms with Crippen LogP contribution in [0.2, 0.25) is 0 Å². The zero-order valence-corrected chi connectivity index (χ0v) is 19.4. The molecule has 7 aromatic rings. The number of para-hydroxylation sites is 3. The van der Waals surface area contributed by atoms with Crippen LogP contribution in [0.1, 0.15) is 0 Å². The topological polar surface area (TPSA) is 51.0 Å². The van der Waals surface area contributed by atoms with Crippen molar-refractivity contribution in [1.82, 2.24) is 9.97 Å². The molecule has 0 saturated heterocycles. The van der Waals surface area contributed by atoms with Crippen molar-refractivity contribution in [3.05, 3.63) is 109 Å². The predicted octanol–water partition coefficient (Wildman–Crippen LogP) is 8.67. The Morgan fingerprint density at radius 2 is 1.37 bits per heavy atom. The van der Waals surface area contributed by atoms with Crippen molar-refractivity contribution >= 4 is 54.8 Å². The molecule has 5 aromatic carbocycles. The minimum absolute atomic E-state index is 0.628. The first-order chi connectivity index (χ1) is 17.3. The summed E-state index contributed by atoms with van der Waals surface area (Å²) in [6.07, 6.45) is 0. The molecule has 5 heteroatoms. The van der Waals surface area contributed by atoms with Gasteiger partial charge in [-0.05, 0) is 66.0 Å². The van der Waals surface area contributed by atoms with Crippen LogP contribution in [0, 0.1) is 0 Å². The zero-order chi connectivity index (χ0) is 23.2. The molecule has 0 saturated carbocycles. The molecule has 166 valence electrons. The number of nitrogens with zero attached hydrogens (tertiary/aromatic N) is 2. The number of oxazole rings is 1. The monoisotopic (exact) mass is 469 g/mol. The van der Waals surface area contributed by atoms with Crippen LogP contribution >= 0.6 is 11.3 Å². The van der Waals surface area contributed by atoms with Crippen molar-refractivity contribution in [3.8, 4) is 22.0 Å². The lowest BCUT2D eigenvalue weighted by atomic mass is 10.0. The molecule has 0 aliphatic carbocycles. The van der Waals surface area contributed by atoms with Gasteiger partial charge < -0.3 is 9.73 Å². The quantitative estimate of drug-likeness (QED) is 0.280. The van der Waals surface area contributed by atoms with E-state index in [0.29, 0.717) is 5.89 Å².